The van der Waals surface area contributed by atoms with Gasteiger partial charge in [-0.1, -0.05) is 0 Å². The lowest BCUT2D eigenvalue weighted by molar-refractivity contribution is -0.0344. The molecular weight excluding hydrogens is 242 g/mol. The molecule has 19 heavy (non-hydrogen) atoms. The number of hydrogen-bond acceptors (Lipinski definition) is 5. The predicted octanol–water partition coefficient (Wildman–Crippen LogP) is 1.02. The van der Waals surface area contributed by atoms with Crippen molar-refractivity contribution in [2.45, 2.75) is 31.9 Å². The van der Waals surface area contributed by atoms with Crippen molar-refractivity contribution < 1.29 is 9.53 Å². The minimum atomic E-state index is -0.403. The number of hydrogen-bond donors (Lipinski definition) is 1. The number of Topliss-reactive ketones (excluding diaryl/α,β-unsaturated/α-hetero) is 1. The standard InChI is InChI=1S/C14H19N3O2/c1-9-4-5-16-14(15)12(9)13(18)11-7-17-6-2-3-10(17)8-19-11/h4-5,10-11H,2-3,6-8H2,1H3,(H2,15,16). The lowest BCUT2D eigenvalue weighted by Gasteiger charge is -2.34. The Morgan fingerprint density at radius 1 is 1.58 bits per heavy atom. The second kappa shape index (κ2) is 4.90. The summed E-state index contributed by atoms with van der Waals surface area (Å²) < 4.78 is 5.74. The van der Waals surface area contributed by atoms with E-state index in [-0.39, 0.29) is 5.78 Å². The molecule has 0 aromatic carbocycles. The number of aryl methyl sites for hydroxylation is 1. The molecular formula is C14H19N3O2. The molecule has 1 aromatic rings. The largest absolute Gasteiger partial charge is 0.383 e. The Morgan fingerprint density at radius 3 is 3.21 bits per heavy atom. The molecule has 0 radical (unpaired) electrons. The Labute approximate surface area is 112 Å². The van der Waals surface area contributed by atoms with Crippen LogP contribution in [0.1, 0.15) is 28.8 Å². The van der Waals surface area contributed by atoms with Gasteiger partial charge in [-0.2, -0.15) is 0 Å². The number of morpholine rings is 1. The average Bonchev–Trinajstić information content (AvgIpc) is 2.85. The summed E-state index contributed by atoms with van der Waals surface area (Å²) in [6.45, 7) is 4.28. The number of carbonyl (C=O) groups excluding carboxylic acids is 1. The van der Waals surface area contributed by atoms with Gasteiger partial charge in [0, 0.05) is 18.8 Å². The number of ether oxygens (including phenoxy) is 1. The molecule has 102 valence electrons. The van der Waals surface area contributed by atoms with Crippen molar-refractivity contribution in [2.75, 3.05) is 25.4 Å². The molecule has 0 spiro atoms. The first-order valence-electron chi connectivity index (χ1n) is 6.78. The van der Waals surface area contributed by atoms with Gasteiger partial charge in [0.25, 0.3) is 0 Å². The second-order valence-corrected chi connectivity index (χ2v) is 5.37. The van der Waals surface area contributed by atoms with Crippen molar-refractivity contribution in [1.82, 2.24) is 9.88 Å². The number of nitrogen functional groups attached to an aromatic ring is 1. The third-order valence-electron chi connectivity index (χ3n) is 4.12. The third kappa shape index (κ3) is 2.24. The lowest BCUT2D eigenvalue weighted by Crippen LogP contribution is -2.49. The number of pyridine rings is 1. The molecule has 3 rings (SSSR count). The molecule has 2 aliphatic rings. The zero-order valence-corrected chi connectivity index (χ0v) is 11.1. The minimum Gasteiger partial charge on any atom is -0.383 e. The molecule has 0 amide bonds. The number of fused-ring (bicyclic) bond motifs is 1. The molecule has 2 aliphatic heterocycles. The van der Waals surface area contributed by atoms with Crippen molar-refractivity contribution in [3.05, 3.63) is 23.4 Å². The smallest absolute Gasteiger partial charge is 0.196 e. The Balaban J connectivity index is 1.81. The normalized spacial score (nSPS) is 27.2. The van der Waals surface area contributed by atoms with E-state index < -0.39 is 6.10 Å². The van der Waals surface area contributed by atoms with Crippen LogP contribution in [0.2, 0.25) is 0 Å². The molecule has 2 N–H and O–H groups in total. The molecule has 5 nitrogen and oxygen atoms in total. The maximum Gasteiger partial charge on any atom is 0.196 e. The fourth-order valence-electron chi connectivity index (χ4n) is 3.04. The first-order valence-corrected chi connectivity index (χ1v) is 6.78. The van der Waals surface area contributed by atoms with Crippen molar-refractivity contribution in [1.29, 1.82) is 0 Å². The molecule has 3 heterocycles. The number of nitrogens with zero attached hydrogens (tertiary/aromatic N) is 2. The Kier molecular flexibility index (Phi) is 3.24. The fraction of sp³-hybridized carbons (Fsp3) is 0.571. The van der Waals surface area contributed by atoms with E-state index in [1.165, 1.54) is 12.8 Å². The summed E-state index contributed by atoms with van der Waals surface area (Å²) in [4.78, 5) is 18.9. The van der Waals surface area contributed by atoms with Crippen LogP contribution in [0, 0.1) is 6.92 Å². The van der Waals surface area contributed by atoms with Gasteiger partial charge in [0.2, 0.25) is 0 Å². The van der Waals surface area contributed by atoms with Crippen LogP contribution >= 0.6 is 0 Å². The predicted molar refractivity (Wildman–Crippen MR) is 72.1 cm³/mol. The molecule has 2 fully saturated rings. The van der Waals surface area contributed by atoms with Gasteiger partial charge in [0.15, 0.2) is 5.78 Å². The van der Waals surface area contributed by atoms with E-state index in [0.717, 1.165) is 12.1 Å². The van der Waals surface area contributed by atoms with Gasteiger partial charge in [-0.3, -0.25) is 9.69 Å². The van der Waals surface area contributed by atoms with E-state index in [4.69, 9.17) is 10.5 Å². The van der Waals surface area contributed by atoms with E-state index in [2.05, 4.69) is 9.88 Å². The third-order valence-corrected chi connectivity index (χ3v) is 4.12. The molecule has 2 unspecified atom stereocenters. The number of ketones is 1. The van der Waals surface area contributed by atoms with Crippen molar-refractivity contribution in [3.63, 3.8) is 0 Å². The Bertz CT molecular complexity index is 483. The van der Waals surface area contributed by atoms with Crippen LogP contribution < -0.4 is 5.73 Å². The van der Waals surface area contributed by atoms with Gasteiger partial charge in [-0.15, -0.1) is 0 Å². The SMILES string of the molecule is Cc1ccnc(N)c1C(=O)C1CN2CCCC2CO1. The highest BCUT2D eigenvalue weighted by Gasteiger charge is 2.36. The number of carbonyl (C=O) groups is 1. The molecule has 2 atom stereocenters. The summed E-state index contributed by atoms with van der Waals surface area (Å²) in [6.07, 6.45) is 3.59. The van der Waals surface area contributed by atoms with E-state index >= 15 is 0 Å². The molecule has 0 bridgehead atoms. The van der Waals surface area contributed by atoms with E-state index in [9.17, 15) is 4.79 Å². The van der Waals surface area contributed by atoms with Gasteiger partial charge >= 0.3 is 0 Å². The van der Waals surface area contributed by atoms with Gasteiger partial charge in [-0.05, 0) is 37.9 Å². The summed E-state index contributed by atoms with van der Waals surface area (Å²) in [6, 6.07) is 2.31. The van der Waals surface area contributed by atoms with Crippen molar-refractivity contribution in [2.24, 2.45) is 0 Å². The molecule has 5 heteroatoms. The first kappa shape index (κ1) is 12.6. The lowest BCUT2D eigenvalue weighted by atomic mass is 10.0. The summed E-state index contributed by atoms with van der Waals surface area (Å²) in [5.41, 5.74) is 7.22. The number of aromatic nitrogens is 1. The van der Waals surface area contributed by atoms with Crippen LogP contribution in [-0.4, -0.2) is 47.5 Å². The monoisotopic (exact) mass is 261 g/mol. The first-order chi connectivity index (χ1) is 9.16. The van der Waals surface area contributed by atoms with Gasteiger partial charge in [-0.25, -0.2) is 4.98 Å². The van der Waals surface area contributed by atoms with Crippen LogP contribution in [0.4, 0.5) is 5.82 Å². The highest BCUT2D eigenvalue weighted by atomic mass is 16.5. The van der Waals surface area contributed by atoms with E-state index in [1.807, 2.05) is 13.0 Å². The van der Waals surface area contributed by atoms with Gasteiger partial charge in [0.1, 0.15) is 11.9 Å². The number of rotatable bonds is 2. The maximum atomic E-state index is 12.6. The fourth-order valence-corrected chi connectivity index (χ4v) is 3.04. The molecule has 2 saturated heterocycles. The quantitative estimate of drug-likeness (QED) is 0.805. The van der Waals surface area contributed by atoms with E-state index in [0.29, 0.717) is 30.6 Å². The summed E-state index contributed by atoms with van der Waals surface area (Å²) >= 11 is 0. The van der Waals surface area contributed by atoms with Gasteiger partial charge in [0.05, 0.1) is 12.2 Å². The molecule has 0 aliphatic carbocycles. The Hall–Kier alpha value is -1.46. The van der Waals surface area contributed by atoms with Crippen molar-refractivity contribution in [3.8, 4) is 0 Å². The summed E-state index contributed by atoms with van der Waals surface area (Å²) in [5, 5.41) is 0. The van der Waals surface area contributed by atoms with Gasteiger partial charge < -0.3 is 10.5 Å². The van der Waals surface area contributed by atoms with Crippen LogP contribution in [0.5, 0.6) is 0 Å². The van der Waals surface area contributed by atoms with Crippen LogP contribution in [-0.2, 0) is 4.74 Å². The second-order valence-electron chi connectivity index (χ2n) is 5.37. The summed E-state index contributed by atoms with van der Waals surface area (Å²) in [7, 11) is 0. The highest BCUT2D eigenvalue weighted by molar-refractivity contribution is 6.04. The molecule has 0 saturated carbocycles. The Morgan fingerprint density at radius 2 is 2.42 bits per heavy atom. The zero-order chi connectivity index (χ0) is 13.4. The topological polar surface area (TPSA) is 68.5 Å². The maximum absolute atomic E-state index is 12.6. The van der Waals surface area contributed by atoms with E-state index in [1.54, 1.807) is 6.20 Å². The van der Waals surface area contributed by atoms with Crippen LogP contribution in [0.15, 0.2) is 12.3 Å². The highest BCUT2D eigenvalue weighted by Crippen LogP contribution is 2.25. The minimum absolute atomic E-state index is 0.0338. The number of anilines is 1. The average molecular weight is 261 g/mol. The van der Waals surface area contributed by atoms with Crippen LogP contribution in [0.3, 0.4) is 0 Å². The van der Waals surface area contributed by atoms with Crippen LogP contribution in [0.25, 0.3) is 0 Å². The summed E-state index contributed by atoms with van der Waals surface area (Å²) in [5.74, 6) is 0.269. The van der Waals surface area contributed by atoms with Crippen molar-refractivity contribution >= 4 is 11.6 Å². The number of nitrogens with two attached hydrogens (primary N) is 1. The molecule has 1 aromatic heterocycles. The zero-order valence-electron chi connectivity index (χ0n) is 11.1.